The van der Waals surface area contributed by atoms with Crippen molar-refractivity contribution in [2.24, 2.45) is 0 Å². The van der Waals surface area contributed by atoms with E-state index >= 15 is 0 Å². The lowest BCUT2D eigenvalue weighted by molar-refractivity contribution is 0.768. The average Bonchev–Trinajstić information content (AvgIpc) is 2.67. The second kappa shape index (κ2) is 4.51. The smallest absolute Gasteiger partial charge is 0.0646 e. The summed E-state index contributed by atoms with van der Waals surface area (Å²) in [4.78, 5) is 0. The average molecular weight is 221 g/mol. The summed E-state index contributed by atoms with van der Waals surface area (Å²) in [7, 11) is 1.93. The van der Waals surface area contributed by atoms with Crippen molar-refractivity contribution in [2.45, 2.75) is 6.54 Å². The Kier molecular flexibility index (Phi) is 3.09. The van der Waals surface area contributed by atoms with Crippen LogP contribution in [0.5, 0.6) is 0 Å². The highest BCUT2D eigenvalue weighted by atomic mass is 35.5. The lowest BCUT2D eigenvalue weighted by Gasteiger charge is -2.10. The number of hydrogen-bond donors (Lipinski definition) is 1. The molecule has 2 rings (SSSR count). The number of rotatable bonds is 3. The quantitative estimate of drug-likeness (QED) is 0.842. The van der Waals surface area contributed by atoms with Gasteiger partial charge in [0.05, 0.1) is 10.7 Å². The Hall–Kier alpha value is -1.25. The minimum absolute atomic E-state index is 0.769. The number of aromatic nitrogens is 1. The van der Waals surface area contributed by atoms with E-state index in [9.17, 15) is 0 Å². The predicted molar refractivity (Wildman–Crippen MR) is 63.5 cm³/mol. The lowest BCUT2D eigenvalue weighted by Crippen LogP contribution is -2.09. The molecule has 0 unspecified atom stereocenters. The molecule has 15 heavy (non-hydrogen) atoms. The molecule has 0 spiro atoms. The molecule has 0 saturated carbocycles. The van der Waals surface area contributed by atoms with E-state index in [1.54, 1.807) is 0 Å². The first-order valence-electron chi connectivity index (χ1n) is 4.88. The van der Waals surface area contributed by atoms with E-state index in [1.165, 1.54) is 5.69 Å². The third-order valence-electron chi connectivity index (χ3n) is 2.30. The maximum absolute atomic E-state index is 6.15. The van der Waals surface area contributed by atoms with E-state index in [4.69, 9.17) is 11.6 Å². The highest BCUT2D eigenvalue weighted by molar-refractivity contribution is 6.32. The zero-order valence-corrected chi connectivity index (χ0v) is 9.33. The van der Waals surface area contributed by atoms with E-state index in [0.29, 0.717) is 0 Å². The van der Waals surface area contributed by atoms with E-state index in [-0.39, 0.29) is 0 Å². The molecule has 3 heteroatoms. The topological polar surface area (TPSA) is 17.0 Å². The van der Waals surface area contributed by atoms with Crippen LogP contribution in [0.25, 0.3) is 5.69 Å². The predicted octanol–water partition coefficient (Wildman–Crippen LogP) is 2.85. The monoisotopic (exact) mass is 220 g/mol. The van der Waals surface area contributed by atoms with Gasteiger partial charge >= 0.3 is 0 Å². The van der Waals surface area contributed by atoms with Crippen LogP contribution in [0.4, 0.5) is 0 Å². The zero-order valence-electron chi connectivity index (χ0n) is 8.57. The second-order valence-corrected chi connectivity index (χ2v) is 3.76. The number of benzene rings is 1. The van der Waals surface area contributed by atoms with Gasteiger partial charge in [-0.3, -0.25) is 0 Å². The molecular formula is C12H13ClN2. The minimum atomic E-state index is 0.769. The molecule has 2 aromatic rings. The minimum Gasteiger partial charge on any atom is -0.318 e. The third kappa shape index (κ3) is 2.06. The molecule has 0 radical (unpaired) electrons. The van der Waals surface area contributed by atoms with Crippen LogP contribution in [0.3, 0.4) is 0 Å². The van der Waals surface area contributed by atoms with E-state index in [1.807, 2.05) is 43.6 Å². The zero-order chi connectivity index (χ0) is 10.7. The van der Waals surface area contributed by atoms with Crippen LogP contribution >= 0.6 is 11.6 Å². The summed E-state index contributed by atoms with van der Waals surface area (Å²) in [6.45, 7) is 0.832. The van der Waals surface area contributed by atoms with Crippen molar-refractivity contribution in [1.82, 2.24) is 9.88 Å². The summed E-state index contributed by atoms with van der Waals surface area (Å²) in [6, 6.07) is 12.0. The van der Waals surface area contributed by atoms with Crippen LogP contribution in [0.2, 0.25) is 5.02 Å². The molecule has 1 N–H and O–H groups in total. The molecule has 0 amide bonds. The van der Waals surface area contributed by atoms with E-state index in [2.05, 4.69) is 16.0 Å². The first-order chi connectivity index (χ1) is 7.33. The van der Waals surface area contributed by atoms with Crippen molar-refractivity contribution in [2.75, 3.05) is 7.05 Å². The fourth-order valence-corrected chi connectivity index (χ4v) is 1.85. The molecular weight excluding hydrogens is 208 g/mol. The van der Waals surface area contributed by atoms with Crippen LogP contribution in [-0.2, 0) is 6.54 Å². The molecule has 0 aliphatic carbocycles. The number of para-hydroxylation sites is 1. The van der Waals surface area contributed by atoms with Crippen molar-refractivity contribution >= 4 is 11.6 Å². The van der Waals surface area contributed by atoms with Gasteiger partial charge in [-0.1, -0.05) is 23.7 Å². The maximum atomic E-state index is 6.15. The van der Waals surface area contributed by atoms with Crippen molar-refractivity contribution in [3.63, 3.8) is 0 Å². The Labute approximate surface area is 94.5 Å². The van der Waals surface area contributed by atoms with E-state index < -0.39 is 0 Å². The Morgan fingerprint density at radius 3 is 2.73 bits per heavy atom. The van der Waals surface area contributed by atoms with Gasteiger partial charge in [-0.05, 0) is 31.3 Å². The molecule has 1 aromatic carbocycles. The molecule has 0 fully saturated rings. The Balaban J connectivity index is 2.45. The number of hydrogen-bond acceptors (Lipinski definition) is 1. The number of nitrogens with zero attached hydrogens (tertiary/aromatic N) is 1. The third-order valence-corrected chi connectivity index (χ3v) is 2.62. The standard InChI is InChI=1S/C12H13ClN2/c1-14-9-10-5-4-8-15(10)12-7-3-2-6-11(12)13/h2-8,14H,9H2,1H3. The van der Waals surface area contributed by atoms with Crippen LogP contribution < -0.4 is 5.32 Å². The molecule has 1 heterocycles. The normalized spacial score (nSPS) is 10.5. The van der Waals surface area contributed by atoms with Gasteiger partial charge < -0.3 is 9.88 Å². The SMILES string of the molecule is CNCc1cccn1-c1ccccc1Cl. The maximum Gasteiger partial charge on any atom is 0.0646 e. The van der Waals surface area contributed by atoms with E-state index in [0.717, 1.165) is 17.3 Å². The Bertz CT molecular complexity index is 448. The molecule has 0 saturated heterocycles. The van der Waals surface area contributed by atoms with Crippen LogP contribution in [0, 0.1) is 0 Å². The molecule has 1 aromatic heterocycles. The Morgan fingerprint density at radius 2 is 2.00 bits per heavy atom. The molecule has 0 aliphatic heterocycles. The molecule has 78 valence electrons. The molecule has 0 aliphatic rings. The summed E-state index contributed by atoms with van der Waals surface area (Å²) in [6.07, 6.45) is 2.02. The van der Waals surface area contributed by atoms with Gasteiger partial charge in [0.15, 0.2) is 0 Å². The molecule has 2 nitrogen and oxygen atoms in total. The highest BCUT2D eigenvalue weighted by Gasteiger charge is 2.04. The van der Waals surface area contributed by atoms with Gasteiger partial charge in [-0.25, -0.2) is 0 Å². The van der Waals surface area contributed by atoms with Crippen LogP contribution in [-0.4, -0.2) is 11.6 Å². The first-order valence-corrected chi connectivity index (χ1v) is 5.26. The van der Waals surface area contributed by atoms with Gasteiger partial charge in [0.1, 0.15) is 0 Å². The van der Waals surface area contributed by atoms with Crippen LogP contribution in [0.15, 0.2) is 42.6 Å². The fraction of sp³-hybridized carbons (Fsp3) is 0.167. The van der Waals surface area contributed by atoms with Crippen molar-refractivity contribution in [1.29, 1.82) is 0 Å². The second-order valence-electron chi connectivity index (χ2n) is 3.35. The van der Waals surface area contributed by atoms with Crippen molar-refractivity contribution < 1.29 is 0 Å². The Morgan fingerprint density at radius 1 is 1.20 bits per heavy atom. The molecule has 0 bridgehead atoms. The lowest BCUT2D eigenvalue weighted by atomic mass is 10.3. The summed E-state index contributed by atoms with van der Waals surface area (Å²) in [5, 5.41) is 3.91. The first kappa shape index (κ1) is 10.3. The van der Waals surface area contributed by atoms with Gasteiger partial charge in [-0.15, -0.1) is 0 Å². The largest absolute Gasteiger partial charge is 0.318 e. The van der Waals surface area contributed by atoms with Crippen molar-refractivity contribution in [3.05, 3.63) is 53.3 Å². The van der Waals surface area contributed by atoms with Gasteiger partial charge in [0.2, 0.25) is 0 Å². The fourth-order valence-electron chi connectivity index (χ4n) is 1.62. The van der Waals surface area contributed by atoms with Gasteiger partial charge in [-0.2, -0.15) is 0 Å². The number of halogens is 1. The molecule has 0 atom stereocenters. The summed E-state index contributed by atoms with van der Waals surface area (Å²) >= 11 is 6.15. The van der Waals surface area contributed by atoms with Gasteiger partial charge in [0, 0.05) is 18.4 Å². The summed E-state index contributed by atoms with van der Waals surface area (Å²) < 4.78 is 2.10. The number of nitrogens with one attached hydrogen (secondary N) is 1. The highest BCUT2D eigenvalue weighted by Crippen LogP contribution is 2.21. The van der Waals surface area contributed by atoms with Crippen molar-refractivity contribution in [3.8, 4) is 5.69 Å². The van der Waals surface area contributed by atoms with Gasteiger partial charge in [0.25, 0.3) is 0 Å². The summed E-state index contributed by atoms with van der Waals surface area (Å²) in [5.74, 6) is 0. The van der Waals surface area contributed by atoms with Crippen LogP contribution in [0.1, 0.15) is 5.69 Å². The summed E-state index contributed by atoms with van der Waals surface area (Å²) in [5.41, 5.74) is 2.22.